The number of likely N-dealkylation sites (tertiary alicyclic amines) is 1. The molecule has 1 atom stereocenters. The maximum absolute atomic E-state index is 11.9. The van der Waals surface area contributed by atoms with Crippen molar-refractivity contribution in [3.8, 4) is 5.75 Å². The number of hydrogen-bond donors (Lipinski definition) is 1. The molecule has 126 valence electrons. The third-order valence-corrected chi connectivity index (χ3v) is 4.17. The number of esters is 1. The Bertz CT molecular complexity index is 575. The van der Waals surface area contributed by atoms with Crippen molar-refractivity contribution in [3.63, 3.8) is 0 Å². The minimum atomic E-state index is -0.298. The molecule has 1 aromatic carbocycles. The van der Waals surface area contributed by atoms with Crippen molar-refractivity contribution in [2.24, 2.45) is 5.92 Å². The zero-order chi connectivity index (χ0) is 17.0. The summed E-state index contributed by atoms with van der Waals surface area (Å²) in [4.78, 5) is 25.4. The third-order valence-electron chi connectivity index (χ3n) is 4.17. The summed E-state index contributed by atoms with van der Waals surface area (Å²) in [5.74, 6) is 0.612. The molecule has 1 saturated heterocycles. The summed E-state index contributed by atoms with van der Waals surface area (Å²) in [5.41, 5.74) is 3.12. The maximum atomic E-state index is 11.9. The Morgan fingerprint density at radius 2 is 1.96 bits per heavy atom. The molecule has 0 aliphatic carbocycles. The first-order chi connectivity index (χ1) is 10.9. The van der Waals surface area contributed by atoms with Gasteiger partial charge in [-0.05, 0) is 50.4 Å². The molecule has 1 aliphatic heterocycles. The van der Waals surface area contributed by atoms with Gasteiger partial charge in [0.25, 0.3) is 0 Å². The molecule has 1 amide bonds. The zero-order valence-electron chi connectivity index (χ0n) is 14.4. The van der Waals surface area contributed by atoms with E-state index >= 15 is 0 Å². The van der Waals surface area contributed by atoms with Gasteiger partial charge in [0.15, 0.2) is 0 Å². The van der Waals surface area contributed by atoms with E-state index in [0.29, 0.717) is 12.3 Å². The highest BCUT2D eigenvalue weighted by molar-refractivity contribution is 5.79. The second kappa shape index (κ2) is 7.59. The van der Waals surface area contributed by atoms with E-state index in [2.05, 4.69) is 22.3 Å². The van der Waals surface area contributed by atoms with Crippen molar-refractivity contribution in [3.05, 3.63) is 28.8 Å². The molecule has 1 heterocycles. The molecule has 1 aromatic rings. The smallest absolute Gasteiger partial charge is 0.308 e. The topological polar surface area (TPSA) is 58.6 Å². The number of ether oxygens (including phenoxy) is 1. The Labute approximate surface area is 138 Å². The van der Waals surface area contributed by atoms with Crippen LogP contribution in [0.4, 0.5) is 0 Å². The lowest BCUT2D eigenvalue weighted by Crippen LogP contribution is -2.32. The molecule has 1 aliphatic rings. The number of amides is 1. The Kier molecular flexibility index (Phi) is 5.77. The van der Waals surface area contributed by atoms with Crippen molar-refractivity contribution >= 4 is 11.9 Å². The van der Waals surface area contributed by atoms with Crippen molar-refractivity contribution in [1.82, 2.24) is 10.2 Å². The molecule has 1 N–H and O–H groups in total. The average Bonchev–Trinajstić information content (AvgIpc) is 2.91. The Morgan fingerprint density at radius 1 is 1.30 bits per heavy atom. The first-order valence-corrected chi connectivity index (χ1v) is 8.19. The molecule has 2 rings (SSSR count). The van der Waals surface area contributed by atoms with Crippen LogP contribution in [0.25, 0.3) is 0 Å². The van der Waals surface area contributed by atoms with Crippen LogP contribution in [0.2, 0.25) is 0 Å². The molecule has 1 fully saturated rings. The van der Waals surface area contributed by atoms with E-state index in [0.717, 1.165) is 37.2 Å². The van der Waals surface area contributed by atoms with E-state index in [-0.39, 0.29) is 17.8 Å². The molecule has 0 unspecified atom stereocenters. The van der Waals surface area contributed by atoms with Crippen LogP contribution in [-0.4, -0.2) is 36.4 Å². The quantitative estimate of drug-likeness (QED) is 0.668. The highest BCUT2D eigenvalue weighted by Gasteiger charge is 2.27. The number of rotatable bonds is 5. The van der Waals surface area contributed by atoms with Crippen molar-refractivity contribution in [1.29, 1.82) is 0 Å². The molecule has 0 saturated carbocycles. The second-order valence-corrected chi connectivity index (χ2v) is 6.27. The zero-order valence-corrected chi connectivity index (χ0v) is 14.4. The number of nitrogens with one attached hydrogen (secondary N) is 1. The van der Waals surface area contributed by atoms with Gasteiger partial charge in [0, 0.05) is 26.6 Å². The molecular weight excluding hydrogens is 292 g/mol. The summed E-state index contributed by atoms with van der Waals surface area (Å²) < 4.78 is 5.27. The van der Waals surface area contributed by atoms with E-state index in [1.807, 2.05) is 20.8 Å². The summed E-state index contributed by atoms with van der Waals surface area (Å²) in [5, 5.41) is 2.90. The maximum Gasteiger partial charge on any atom is 0.308 e. The summed E-state index contributed by atoms with van der Waals surface area (Å²) in [6.45, 7) is 10.5. The molecule has 23 heavy (non-hydrogen) atoms. The van der Waals surface area contributed by atoms with Gasteiger partial charge >= 0.3 is 5.97 Å². The lowest BCUT2D eigenvalue weighted by atomic mass is 10.1. The van der Waals surface area contributed by atoms with Gasteiger partial charge in [0.1, 0.15) is 5.75 Å². The van der Waals surface area contributed by atoms with Crippen LogP contribution < -0.4 is 10.1 Å². The van der Waals surface area contributed by atoms with Crippen LogP contribution in [0.1, 0.15) is 37.0 Å². The van der Waals surface area contributed by atoms with Crippen molar-refractivity contribution in [2.75, 3.05) is 19.6 Å². The number of benzene rings is 1. The number of nitrogens with zero attached hydrogens (tertiary/aromatic N) is 1. The minimum Gasteiger partial charge on any atom is -0.426 e. The number of aryl methyl sites for hydroxylation is 2. The summed E-state index contributed by atoms with van der Waals surface area (Å²) in [6.07, 6.45) is 0.912. The Morgan fingerprint density at radius 3 is 2.52 bits per heavy atom. The molecule has 0 aromatic heterocycles. The van der Waals surface area contributed by atoms with E-state index in [9.17, 15) is 9.59 Å². The van der Waals surface area contributed by atoms with Gasteiger partial charge in [-0.3, -0.25) is 14.5 Å². The first-order valence-electron chi connectivity index (χ1n) is 8.19. The molecule has 0 bridgehead atoms. The Balaban J connectivity index is 2.01. The molecule has 0 spiro atoms. The van der Waals surface area contributed by atoms with Crippen LogP contribution in [-0.2, 0) is 16.1 Å². The normalized spacial score (nSPS) is 18.0. The summed E-state index contributed by atoms with van der Waals surface area (Å²) in [6, 6.07) is 4.12. The molecule has 5 heteroatoms. The van der Waals surface area contributed by atoms with Gasteiger partial charge in [-0.15, -0.1) is 0 Å². The van der Waals surface area contributed by atoms with Crippen molar-refractivity contribution < 1.29 is 14.3 Å². The van der Waals surface area contributed by atoms with E-state index < -0.39 is 0 Å². The summed E-state index contributed by atoms with van der Waals surface area (Å²) in [7, 11) is 0. The monoisotopic (exact) mass is 318 g/mol. The lowest BCUT2D eigenvalue weighted by Gasteiger charge is -2.18. The van der Waals surface area contributed by atoms with Gasteiger partial charge in [0.2, 0.25) is 5.91 Å². The number of hydrogen-bond acceptors (Lipinski definition) is 4. The van der Waals surface area contributed by atoms with E-state index in [4.69, 9.17) is 4.74 Å². The van der Waals surface area contributed by atoms with Crippen LogP contribution in [0.5, 0.6) is 5.75 Å². The van der Waals surface area contributed by atoms with Crippen molar-refractivity contribution in [2.45, 2.75) is 40.7 Å². The molecule has 5 nitrogen and oxygen atoms in total. The van der Waals surface area contributed by atoms with Crippen LogP contribution >= 0.6 is 0 Å². The Hall–Kier alpha value is -1.88. The van der Waals surface area contributed by atoms with Crippen LogP contribution in [0.15, 0.2) is 12.1 Å². The predicted octanol–water partition coefficient (Wildman–Crippen LogP) is 2.19. The average molecular weight is 318 g/mol. The van der Waals surface area contributed by atoms with Gasteiger partial charge < -0.3 is 10.1 Å². The number of carbonyl (C=O) groups is 2. The van der Waals surface area contributed by atoms with Crippen LogP contribution in [0, 0.1) is 19.8 Å². The second-order valence-electron chi connectivity index (χ2n) is 6.27. The third kappa shape index (κ3) is 4.55. The standard InChI is InChI=1S/C18H26N2O3/c1-5-19-18(22)16-6-7-20(11-16)10-15-8-12(2)17(13(3)9-15)23-14(4)21/h8-9,16H,5-7,10-11H2,1-4H3,(H,19,22)/t16-/m0/s1. The SMILES string of the molecule is CCNC(=O)[C@H]1CCN(Cc2cc(C)c(OC(C)=O)c(C)c2)C1. The highest BCUT2D eigenvalue weighted by atomic mass is 16.5. The fourth-order valence-electron chi connectivity index (χ4n) is 3.20. The predicted molar refractivity (Wildman–Crippen MR) is 89.3 cm³/mol. The summed E-state index contributed by atoms with van der Waals surface area (Å²) >= 11 is 0. The van der Waals surface area contributed by atoms with Gasteiger partial charge in [0.05, 0.1) is 5.92 Å². The van der Waals surface area contributed by atoms with Gasteiger partial charge in [-0.1, -0.05) is 12.1 Å². The first kappa shape index (κ1) is 17.5. The fraction of sp³-hybridized carbons (Fsp3) is 0.556. The highest BCUT2D eigenvalue weighted by Crippen LogP contribution is 2.27. The largest absolute Gasteiger partial charge is 0.426 e. The number of carbonyl (C=O) groups excluding carboxylic acids is 2. The molecule has 0 radical (unpaired) electrons. The van der Waals surface area contributed by atoms with Gasteiger partial charge in [-0.25, -0.2) is 0 Å². The fourth-order valence-corrected chi connectivity index (χ4v) is 3.20. The molecular formula is C18H26N2O3. The van der Waals surface area contributed by atoms with E-state index in [1.165, 1.54) is 12.5 Å². The lowest BCUT2D eigenvalue weighted by molar-refractivity contribution is -0.132. The van der Waals surface area contributed by atoms with Gasteiger partial charge in [-0.2, -0.15) is 0 Å². The van der Waals surface area contributed by atoms with E-state index in [1.54, 1.807) is 0 Å². The van der Waals surface area contributed by atoms with Crippen LogP contribution in [0.3, 0.4) is 0 Å². The minimum absolute atomic E-state index is 0.0949.